The Morgan fingerprint density at radius 3 is 1.24 bits per heavy atom. The Morgan fingerprint density at radius 1 is 0.456 bits per heavy atom. The molecule has 456 valence electrons. The fourth-order valence-electron chi connectivity index (χ4n) is 9.00. The van der Waals surface area contributed by atoms with Crippen molar-refractivity contribution < 1.29 is 37.3 Å². The number of phosphoric acid groups is 1. The van der Waals surface area contributed by atoms with E-state index in [1.54, 1.807) is 0 Å². The van der Waals surface area contributed by atoms with E-state index in [4.69, 9.17) is 13.8 Å². The van der Waals surface area contributed by atoms with Crippen LogP contribution in [0.3, 0.4) is 0 Å². The average molecular weight is 1120 g/mol. The molecular formula is C69H124N2O7P+. The molecule has 9 nitrogen and oxygen atoms in total. The second-order valence-electron chi connectivity index (χ2n) is 22.9. The van der Waals surface area contributed by atoms with Gasteiger partial charge in [-0.25, -0.2) is 4.57 Å². The summed E-state index contributed by atoms with van der Waals surface area (Å²) < 4.78 is 30.7. The van der Waals surface area contributed by atoms with Crippen molar-refractivity contribution in [2.45, 2.75) is 290 Å². The lowest BCUT2D eigenvalue weighted by Gasteiger charge is -2.27. The van der Waals surface area contributed by atoms with Crippen molar-refractivity contribution >= 4 is 19.7 Å². The summed E-state index contributed by atoms with van der Waals surface area (Å²) in [6.45, 7) is 6.86. The quantitative estimate of drug-likeness (QED) is 0.0205. The number of hydrogen-bond donors (Lipinski definition) is 2. The molecule has 0 aromatic carbocycles. The van der Waals surface area contributed by atoms with Crippen LogP contribution in [0.4, 0.5) is 0 Å². The van der Waals surface area contributed by atoms with Crippen molar-refractivity contribution in [3.8, 4) is 0 Å². The lowest BCUT2D eigenvalue weighted by molar-refractivity contribution is -0.870. The molecule has 0 bridgehead atoms. The monoisotopic (exact) mass is 1120 g/mol. The van der Waals surface area contributed by atoms with Crippen LogP contribution in [0.15, 0.2) is 97.2 Å². The van der Waals surface area contributed by atoms with Crippen molar-refractivity contribution in [3.63, 3.8) is 0 Å². The van der Waals surface area contributed by atoms with Crippen molar-refractivity contribution in [1.29, 1.82) is 0 Å². The molecule has 10 heteroatoms. The van der Waals surface area contributed by atoms with Crippen LogP contribution in [0.1, 0.15) is 278 Å². The van der Waals surface area contributed by atoms with Crippen LogP contribution in [-0.2, 0) is 27.9 Å². The number of nitrogens with one attached hydrogen (secondary N) is 1. The highest BCUT2D eigenvalue weighted by molar-refractivity contribution is 7.47. The lowest BCUT2D eigenvalue weighted by Crippen LogP contribution is -2.47. The highest BCUT2D eigenvalue weighted by Crippen LogP contribution is 2.43. The zero-order valence-electron chi connectivity index (χ0n) is 52.1. The van der Waals surface area contributed by atoms with E-state index in [9.17, 15) is 19.0 Å². The number of amides is 1. The molecule has 79 heavy (non-hydrogen) atoms. The number of unbranched alkanes of at least 4 members (excludes halogenated alkanes) is 28. The van der Waals surface area contributed by atoms with Gasteiger partial charge in [-0.3, -0.25) is 18.6 Å². The van der Waals surface area contributed by atoms with E-state index >= 15 is 0 Å². The van der Waals surface area contributed by atoms with Gasteiger partial charge in [0.05, 0.1) is 33.8 Å². The van der Waals surface area contributed by atoms with E-state index in [1.807, 2.05) is 33.3 Å². The molecule has 0 fully saturated rings. The second-order valence-corrected chi connectivity index (χ2v) is 24.4. The molecule has 0 radical (unpaired) electrons. The molecule has 0 saturated heterocycles. The molecule has 1 amide bonds. The Kier molecular flexibility index (Phi) is 55.9. The summed E-state index contributed by atoms with van der Waals surface area (Å²) in [5.41, 5.74) is 0. The molecule has 0 heterocycles. The molecular weight excluding hydrogens is 1000 g/mol. The van der Waals surface area contributed by atoms with E-state index in [1.165, 1.54) is 135 Å². The Bertz CT molecular complexity index is 1670. The van der Waals surface area contributed by atoms with Crippen molar-refractivity contribution in [2.24, 2.45) is 0 Å². The molecule has 0 rings (SSSR count). The number of quaternary nitrogens is 1. The molecule has 0 aliphatic heterocycles. The van der Waals surface area contributed by atoms with Gasteiger partial charge in [0, 0.05) is 12.8 Å². The molecule has 3 unspecified atom stereocenters. The summed E-state index contributed by atoms with van der Waals surface area (Å²) in [6, 6.07) is -0.862. The van der Waals surface area contributed by atoms with Gasteiger partial charge in [0.1, 0.15) is 19.3 Å². The Balaban J connectivity index is 5.18. The van der Waals surface area contributed by atoms with Gasteiger partial charge in [-0.15, -0.1) is 0 Å². The summed E-state index contributed by atoms with van der Waals surface area (Å²) in [6.07, 6.45) is 78.3. The maximum atomic E-state index is 13.6. The number of likely N-dealkylation sites (N-methyl/N-ethyl adjacent to an activating group) is 1. The zero-order valence-corrected chi connectivity index (χ0v) is 53.0. The third-order valence-corrected chi connectivity index (χ3v) is 15.0. The number of ether oxygens (including phenoxy) is 1. The zero-order chi connectivity index (χ0) is 57.9. The first-order valence-corrected chi connectivity index (χ1v) is 34.1. The highest BCUT2D eigenvalue weighted by Gasteiger charge is 2.30. The minimum atomic E-state index is -4.46. The summed E-state index contributed by atoms with van der Waals surface area (Å²) in [5.74, 6) is -0.524. The van der Waals surface area contributed by atoms with Crippen LogP contribution in [0.5, 0.6) is 0 Å². The van der Waals surface area contributed by atoms with Crippen LogP contribution < -0.4 is 5.32 Å². The van der Waals surface area contributed by atoms with Crippen LogP contribution in [-0.4, -0.2) is 74.3 Å². The van der Waals surface area contributed by atoms with Gasteiger partial charge in [-0.05, 0) is 109 Å². The van der Waals surface area contributed by atoms with Crippen LogP contribution in [0.2, 0.25) is 0 Å². The smallest absolute Gasteiger partial charge is 0.456 e. The number of rotatable bonds is 58. The molecule has 0 aliphatic carbocycles. The summed E-state index contributed by atoms with van der Waals surface area (Å²) in [4.78, 5) is 37.8. The van der Waals surface area contributed by atoms with E-state index in [-0.39, 0.29) is 31.5 Å². The van der Waals surface area contributed by atoms with Crippen LogP contribution in [0, 0.1) is 0 Å². The summed E-state index contributed by atoms with van der Waals surface area (Å²) in [5, 5.41) is 3.05. The number of carbonyl (C=O) groups excluding carboxylic acids is 2. The van der Waals surface area contributed by atoms with Gasteiger partial charge in [0.2, 0.25) is 5.91 Å². The molecule has 3 atom stereocenters. The number of allylic oxidation sites excluding steroid dienone is 15. The first kappa shape index (κ1) is 75.9. The first-order chi connectivity index (χ1) is 38.4. The number of nitrogens with zero attached hydrogens (tertiary/aromatic N) is 1. The summed E-state index contributed by atoms with van der Waals surface area (Å²) >= 11 is 0. The van der Waals surface area contributed by atoms with Gasteiger partial charge in [-0.1, -0.05) is 253 Å². The van der Waals surface area contributed by atoms with Gasteiger partial charge >= 0.3 is 13.8 Å². The fourth-order valence-corrected chi connectivity index (χ4v) is 9.73. The fraction of sp³-hybridized carbons (Fsp3) is 0.739. The molecule has 0 spiro atoms. The van der Waals surface area contributed by atoms with Crippen molar-refractivity contribution in [2.75, 3.05) is 40.9 Å². The molecule has 0 aliphatic rings. The third kappa shape index (κ3) is 59.4. The second kappa shape index (κ2) is 58.1. The predicted molar refractivity (Wildman–Crippen MR) is 341 cm³/mol. The Morgan fingerprint density at radius 2 is 0.810 bits per heavy atom. The molecule has 0 aromatic rings. The minimum Gasteiger partial charge on any atom is -0.456 e. The van der Waals surface area contributed by atoms with Crippen molar-refractivity contribution in [1.82, 2.24) is 5.32 Å². The number of hydrogen-bond acceptors (Lipinski definition) is 6. The molecule has 0 saturated carbocycles. The third-order valence-electron chi connectivity index (χ3n) is 14.0. The van der Waals surface area contributed by atoms with E-state index < -0.39 is 20.0 Å². The number of esters is 1. The predicted octanol–water partition coefficient (Wildman–Crippen LogP) is 20.3. The van der Waals surface area contributed by atoms with Gasteiger partial charge in [-0.2, -0.15) is 0 Å². The average Bonchev–Trinajstić information content (AvgIpc) is 3.41. The van der Waals surface area contributed by atoms with Crippen LogP contribution in [0.25, 0.3) is 0 Å². The number of carbonyl (C=O) groups is 2. The van der Waals surface area contributed by atoms with Crippen LogP contribution >= 0.6 is 7.82 Å². The van der Waals surface area contributed by atoms with Gasteiger partial charge in [0.25, 0.3) is 0 Å². The molecule has 0 aromatic heterocycles. The van der Waals surface area contributed by atoms with Gasteiger partial charge in [0.15, 0.2) is 0 Å². The summed E-state index contributed by atoms with van der Waals surface area (Å²) in [7, 11) is 1.48. The minimum absolute atomic E-state index is 0.0330. The van der Waals surface area contributed by atoms with E-state index in [0.29, 0.717) is 17.4 Å². The maximum Gasteiger partial charge on any atom is 0.472 e. The lowest BCUT2D eigenvalue weighted by atomic mass is 10.0. The largest absolute Gasteiger partial charge is 0.472 e. The maximum absolute atomic E-state index is 13.6. The Labute approximate surface area is 488 Å². The number of phosphoric ester groups is 1. The van der Waals surface area contributed by atoms with E-state index in [0.717, 1.165) is 109 Å². The topological polar surface area (TPSA) is 111 Å². The van der Waals surface area contributed by atoms with E-state index in [2.05, 4.69) is 111 Å². The first-order valence-electron chi connectivity index (χ1n) is 32.6. The SMILES string of the molecule is CC/C=C\C/C=C\C/C=C\C/C=C\C/C=C\CCCCCCCCCC(=O)NC(COP(=O)(O)OCC[N+](C)(C)C)C(/C=C\CCCCCCCCCCC)OC(=O)CCCCCCCCCCC/C=C\C/C=C\CCCCC. The normalized spacial score (nSPS) is 14.3. The Hall–Kier alpha value is -3.07. The molecule has 2 N–H and O–H groups in total. The van der Waals surface area contributed by atoms with Crippen molar-refractivity contribution in [3.05, 3.63) is 97.2 Å². The standard InChI is InChI=1S/C69H123N2O7P/c1-7-10-13-16-19-22-25-27-29-31-33-34-35-36-38-39-41-43-46-49-52-55-58-61-68(72)70-66(65-77-79(74,75)76-64-63-71(4,5)6)67(60-57-54-51-48-45-24-21-18-15-12-9-3)78-69(73)62-59-56-53-50-47-44-42-40-37-32-30-28-26-23-20-17-14-11-8-2/h10,13,19-20,22-23,27-30,33-34,36,38,57,60,66-67H,7-9,11-12,14-18,21,24-26,31-32,35,37,39-56,58-59,61-65H2,1-6H3,(H-,70,72,74,75)/p+1/b13-10-,22-19-,23-20-,29-27-,30-28-,34-33-,38-36-,60-57-. The highest BCUT2D eigenvalue weighted by atomic mass is 31.2. The van der Waals surface area contributed by atoms with Gasteiger partial charge < -0.3 is 19.4 Å².